The smallest absolute Gasteiger partial charge is 0.416 e. The molecule has 164 valence electrons. The van der Waals surface area contributed by atoms with E-state index in [1.165, 1.54) is 18.4 Å². The van der Waals surface area contributed by atoms with Gasteiger partial charge in [0, 0.05) is 5.69 Å². The number of rotatable bonds is 7. The average Bonchev–Trinajstić information content (AvgIpc) is 3.20. The molecule has 1 aromatic heterocycles. The monoisotopic (exact) mass is 452 g/mol. The van der Waals surface area contributed by atoms with Crippen molar-refractivity contribution in [1.82, 2.24) is 4.31 Å². The fraction of sp³-hybridized carbons (Fsp3) is 0.190. The first-order valence-corrected chi connectivity index (χ1v) is 10.6. The zero-order valence-electron chi connectivity index (χ0n) is 16.4. The van der Waals surface area contributed by atoms with Crippen molar-refractivity contribution in [2.75, 3.05) is 11.9 Å². The van der Waals surface area contributed by atoms with Gasteiger partial charge in [-0.15, -0.1) is 0 Å². The van der Waals surface area contributed by atoms with Crippen molar-refractivity contribution in [3.05, 3.63) is 83.8 Å². The molecule has 2 aromatic carbocycles. The van der Waals surface area contributed by atoms with Crippen molar-refractivity contribution in [1.29, 1.82) is 0 Å². The van der Waals surface area contributed by atoms with Crippen molar-refractivity contribution in [3.63, 3.8) is 0 Å². The number of furan rings is 1. The SMILES string of the molecule is Cc1cccc(NC(=O)CN(Cc2ccco2)S(=O)(=O)c2cccc(C(F)(F)F)c2)c1. The van der Waals surface area contributed by atoms with Gasteiger partial charge in [-0.2, -0.15) is 17.5 Å². The Bertz CT molecular complexity index is 1160. The summed E-state index contributed by atoms with van der Waals surface area (Å²) in [5, 5.41) is 2.60. The van der Waals surface area contributed by atoms with Gasteiger partial charge < -0.3 is 9.73 Å². The predicted octanol–water partition coefficient (Wildman–Crippen LogP) is 4.44. The normalized spacial score (nSPS) is 12.2. The minimum atomic E-state index is -4.71. The van der Waals surface area contributed by atoms with Crippen LogP contribution in [0.5, 0.6) is 0 Å². The summed E-state index contributed by atoms with van der Waals surface area (Å²) >= 11 is 0. The minimum absolute atomic E-state index is 0.235. The standard InChI is InChI=1S/C21H19F3N2O4S/c1-15-5-2-7-17(11-15)25-20(27)14-26(13-18-8-4-10-30-18)31(28,29)19-9-3-6-16(12-19)21(22,23)24/h2-12H,13-14H2,1H3,(H,25,27). The van der Waals surface area contributed by atoms with Crippen molar-refractivity contribution >= 4 is 21.6 Å². The number of nitrogens with one attached hydrogen (secondary N) is 1. The summed E-state index contributed by atoms with van der Waals surface area (Å²) in [7, 11) is -4.44. The number of anilines is 1. The van der Waals surface area contributed by atoms with Crippen LogP contribution in [0.25, 0.3) is 0 Å². The number of halogens is 3. The van der Waals surface area contributed by atoms with Crippen LogP contribution in [0.2, 0.25) is 0 Å². The molecule has 3 rings (SSSR count). The van der Waals surface area contributed by atoms with Gasteiger partial charge in [-0.25, -0.2) is 8.42 Å². The van der Waals surface area contributed by atoms with Crippen LogP contribution in [0, 0.1) is 6.92 Å². The molecule has 0 radical (unpaired) electrons. The second-order valence-electron chi connectivity index (χ2n) is 6.80. The fourth-order valence-electron chi connectivity index (χ4n) is 2.87. The lowest BCUT2D eigenvalue weighted by Crippen LogP contribution is -2.37. The van der Waals surface area contributed by atoms with Crippen molar-refractivity contribution in [2.24, 2.45) is 0 Å². The summed E-state index contributed by atoms with van der Waals surface area (Å²) < 4.78 is 71.4. The first kappa shape index (κ1) is 22.6. The molecule has 0 unspecified atom stereocenters. The molecule has 1 heterocycles. The average molecular weight is 452 g/mol. The van der Waals surface area contributed by atoms with E-state index in [0.29, 0.717) is 11.8 Å². The van der Waals surface area contributed by atoms with Crippen LogP contribution < -0.4 is 5.32 Å². The summed E-state index contributed by atoms with van der Waals surface area (Å²) in [5.41, 5.74) is 0.261. The molecule has 1 N–H and O–H groups in total. The van der Waals surface area contributed by atoms with E-state index >= 15 is 0 Å². The molecule has 0 spiro atoms. The van der Waals surface area contributed by atoms with E-state index in [1.54, 1.807) is 18.2 Å². The largest absolute Gasteiger partial charge is 0.468 e. The highest BCUT2D eigenvalue weighted by atomic mass is 32.2. The van der Waals surface area contributed by atoms with Gasteiger partial charge in [0.25, 0.3) is 0 Å². The molecule has 0 aliphatic heterocycles. The quantitative estimate of drug-likeness (QED) is 0.575. The van der Waals surface area contributed by atoms with E-state index in [0.717, 1.165) is 28.1 Å². The first-order chi connectivity index (χ1) is 14.6. The number of nitrogens with zero attached hydrogens (tertiary/aromatic N) is 1. The Kier molecular flexibility index (Phi) is 6.51. The van der Waals surface area contributed by atoms with Crippen LogP contribution in [0.3, 0.4) is 0 Å². The molecule has 6 nitrogen and oxygen atoms in total. The molecule has 0 aliphatic rings. The highest BCUT2D eigenvalue weighted by Crippen LogP contribution is 2.31. The maximum absolute atomic E-state index is 13.1. The molecule has 3 aromatic rings. The third kappa shape index (κ3) is 5.74. The lowest BCUT2D eigenvalue weighted by atomic mass is 10.2. The number of benzene rings is 2. The Morgan fingerprint density at radius 3 is 2.45 bits per heavy atom. The topological polar surface area (TPSA) is 79.6 Å². The summed E-state index contributed by atoms with van der Waals surface area (Å²) in [5.74, 6) is -0.411. The molecule has 0 fully saturated rings. The van der Waals surface area contributed by atoms with E-state index in [9.17, 15) is 26.4 Å². The molecular formula is C21H19F3N2O4S. The number of carbonyl (C=O) groups excluding carboxylic acids is 1. The highest BCUT2D eigenvalue weighted by molar-refractivity contribution is 7.89. The minimum Gasteiger partial charge on any atom is -0.468 e. The van der Waals surface area contributed by atoms with Gasteiger partial charge in [0.15, 0.2) is 0 Å². The summed E-state index contributed by atoms with van der Waals surface area (Å²) in [4.78, 5) is 12.0. The van der Waals surface area contributed by atoms with Crippen LogP contribution in [-0.4, -0.2) is 25.2 Å². The predicted molar refractivity (Wildman–Crippen MR) is 108 cm³/mol. The van der Waals surface area contributed by atoms with Crippen molar-refractivity contribution in [2.45, 2.75) is 24.5 Å². The Hall–Kier alpha value is -3.11. The number of aryl methyl sites for hydroxylation is 1. The molecule has 0 atom stereocenters. The summed E-state index contributed by atoms with van der Waals surface area (Å²) in [6.45, 7) is 0.886. The van der Waals surface area contributed by atoms with Gasteiger partial charge in [-0.3, -0.25) is 4.79 Å². The maximum atomic E-state index is 13.1. The highest BCUT2D eigenvalue weighted by Gasteiger charge is 2.33. The lowest BCUT2D eigenvalue weighted by Gasteiger charge is -2.21. The van der Waals surface area contributed by atoms with Gasteiger partial charge in [-0.1, -0.05) is 18.2 Å². The van der Waals surface area contributed by atoms with E-state index in [-0.39, 0.29) is 12.3 Å². The van der Waals surface area contributed by atoms with Gasteiger partial charge in [-0.05, 0) is 55.0 Å². The number of hydrogen-bond acceptors (Lipinski definition) is 4. The van der Waals surface area contributed by atoms with Crippen LogP contribution in [0.15, 0.2) is 76.2 Å². The van der Waals surface area contributed by atoms with Crippen molar-refractivity contribution in [3.8, 4) is 0 Å². The molecule has 1 amide bonds. The Balaban J connectivity index is 1.90. The number of alkyl halides is 3. The third-order valence-corrected chi connectivity index (χ3v) is 6.12. The van der Waals surface area contributed by atoms with Crippen LogP contribution in [-0.2, 0) is 27.5 Å². The number of amides is 1. The number of carbonyl (C=O) groups is 1. The second-order valence-corrected chi connectivity index (χ2v) is 8.73. The molecule has 10 heteroatoms. The Morgan fingerprint density at radius 1 is 1.06 bits per heavy atom. The number of sulfonamides is 1. The maximum Gasteiger partial charge on any atom is 0.416 e. The molecule has 0 saturated carbocycles. The van der Waals surface area contributed by atoms with Gasteiger partial charge in [0.05, 0.1) is 29.8 Å². The van der Waals surface area contributed by atoms with Crippen LogP contribution >= 0.6 is 0 Å². The van der Waals surface area contributed by atoms with Crippen molar-refractivity contribution < 1.29 is 30.8 Å². The van der Waals surface area contributed by atoms with Crippen LogP contribution in [0.4, 0.5) is 18.9 Å². The van der Waals surface area contributed by atoms with Gasteiger partial charge >= 0.3 is 6.18 Å². The molecule has 0 saturated heterocycles. The number of hydrogen-bond donors (Lipinski definition) is 1. The van der Waals surface area contributed by atoms with E-state index in [2.05, 4.69) is 5.32 Å². The first-order valence-electron chi connectivity index (χ1n) is 9.12. The third-order valence-electron chi connectivity index (χ3n) is 4.33. The van der Waals surface area contributed by atoms with E-state index in [4.69, 9.17) is 4.42 Å². The zero-order chi connectivity index (χ0) is 22.6. The zero-order valence-corrected chi connectivity index (χ0v) is 17.2. The van der Waals surface area contributed by atoms with Gasteiger partial charge in [0.1, 0.15) is 5.76 Å². The molecule has 0 aliphatic carbocycles. The Labute approximate surface area is 177 Å². The lowest BCUT2D eigenvalue weighted by molar-refractivity contribution is -0.137. The van der Waals surface area contributed by atoms with Crippen LogP contribution in [0.1, 0.15) is 16.9 Å². The summed E-state index contributed by atoms with van der Waals surface area (Å²) in [6, 6.07) is 13.3. The summed E-state index contributed by atoms with van der Waals surface area (Å²) in [6.07, 6.45) is -3.38. The molecule has 0 bridgehead atoms. The van der Waals surface area contributed by atoms with Gasteiger partial charge in [0.2, 0.25) is 15.9 Å². The molecular weight excluding hydrogens is 433 g/mol. The second kappa shape index (κ2) is 8.94. The Morgan fingerprint density at radius 2 is 1.81 bits per heavy atom. The fourth-order valence-corrected chi connectivity index (χ4v) is 4.28. The molecule has 31 heavy (non-hydrogen) atoms. The van der Waals surface area contributed by atoms with E-state index < -0.39 is 39.1 Å². The van der Waals surface area contributed by atoms with E-state index in [1.807, 2.05) is 13.0 Å².